The van der Waals surface area contributed by atoms with Crippen LogP contribution < -0.4 is 5.32 Å². The molecule has 1 aliphatic rings. The van der Waals surface area contributed by atoms with Crippen LogP contribution >= 0.6 is 0 Å². The molecular weight excluding hydrogens is 286 g/mol. The summed E-state index contributed by atoms with van der Waals surface area (Å²) in [5.41, 5.74) is 4.18. The number of aromatic nitrogens is 3. The van der Waals surface area contributed by atoms with Crippen molar-refractivity contribution in [3.63, 3.8) is 0 Å². The molecule has 1 aromatic carbocycles. The molecule has 0 bridgehead atoms. The van der Waals surface area contributed by atoms with E-state index in [1.165, 1.54) is 37.0 Å². The summed E-state index contributed by atoms with van der Waals surface area (Å²) in [7, 11) is 1.96. The van der Waals surface area contributed by atoms with E-state index in [4.69, 9.17) is 4.98 Å². The number of para-hydroxylation sites is 1. The van der Waals surface area contributed by atoms with Crippen LogP contribution in [0.5, 0.6) is 0 Å². The van der Waals surface area contributed by atoms with Crippen LogP contribution in [0.4, 0.5) is 5.69 Å². The third kappa shape index (κ3) is 2.55. The van der Waals surface area contributed by atoms with Gasteiger partial charge in [0.05, 0.1) is 22.3 Å². The lowest BCUT2D eigenvalue weighted by Gasteiger charge is -2.17. The highest BCUT2D eigenvalue weighted by Gasteiger charge is 2.16. The molecule has 3 heterocycles. The molecule has 0 radical (unpaired) electrons. The van der Waals surface area contributed by atoms with Crippen LogP contribution in [-0.2, 0) is 7.05 Å². The van der Waals surface area contributed by atoms with Crippen LogP contribution in [0.15, 0.2) is 24.3 Å². The molecule has 0 atom stereocenters. The van der Waals surface area contributed by atoms with Gasteiger partial charge >= 0.3 is 0 Å². The summed E-state index contributed by atoms with van der Waals surface area (Å²) >= 11 is 0. The first-order chi connectivity index (χ1) is 11.2. The fraction of sp³-hybridized carbons (Fsp3) is 0.444. The zero-order valence-electron chi connectivity index (χ0n) is 13.8. The van der Waals surface area contributed by atoms with Gasteiger partial charge in [0.25, 0.3) is 0 Å². The fourth-order valence-corrected chi connectivity index (χ4v) is 3.63. The van der Waals surface area contributed by atoms with E-state index in [1.807, 2.05) is 17.8 Å². The maximum absolute atomic E-state index is 4.79. The number of pyridine rings is 1. The molecule has 3 aromatic rings. The van der Waals surface area contributed by atoms with Gasteiger partial charge in [-0.2, -0.15) is 5.10 Å². The van der Waals surface area contributed by atoms with Gasteiger partial charge in [-0.25, -0.2) is 4.98 Å². The molecule has 1 N–H and O–H groups in total. The van der Waals surface area contributed by atoms with Crippen molar-refractivity contribution in [2.75, 3.05) is 31.5 Å². The Bertz CT molecular complexity index is 845. The molecule has 5 nitrogen and oxygen atoms in total. The Morgan fingerprint density at radius 2 is 1.96 bits per heavy atom. The molecule has 0 unspecified atom stereocenters. The van der Waals surface area contributed by atoms with Gasteiger partial charge in [-0.05, 0) is 38.9 Å². The number of nitrogens with one attached hydrogen (secondary N) is 1. The van der Waals surface area contributed by atoms with E-state index in [-0.39, 0.29) is 0 Å². The Morgan fingerprint density at radius 1 is 1.17 bits per heavy atom. The summed E-state index contributed by atoms with van der Waals surface area (Å²) in [4.78, 5) is 7.33. The lowest BCUT2D eigenvalue weighted by molar-refractivity contribution is 0.353. The minimum absolute atomic E-state index is 0.949. The van der Waals surface area contributed by atoms with Crippen molar-refractivity contribution in [3.05, 3.63) is 30.0 Å². The lowest BCUT2D eigenvalue weighted by Crippen LogP contribution is -2.26. The number of rotatable bonds is 4. The summed E-state index contributed by atoms with van der Waals surface area (Å²) in [6.07, 6.45) is 2.67. The smallest absolute Gasteiger partial charge is 0.160 e. The van der Waals surface area contributed by atoms with Crippen molar-refractivity contribution < 1.29 is 0 Å². The third-order valence-corrected chi connectivity index (χ3v) is 4.77. The second-order valence-electron chi connectivity index (χ2n) is 6.39. The molecule has 1 saturated heterocycles. The zero-order chi connectivity index (χ0) is 15.8. The van der Waals surface area contributed by atoms with E-state index in [2.05, 4.69) is 40.4 Å². The molecule has 0 amide bonds. The standard InChI is InChI=1S/C18H23N5/c1-13-16-17(19-9-12-23-10-5-6-11-23)14-7-3-4-8-15(14)20-18(16)22(2)21-13/h3-4,7-8H,5-6,9-12H2,1-2H3,(H,19,20). The number of hydrogen-bond donors (Lipinski definition) is 1. The largest absolute Gasteiger partial charge is 0.383 e. The molecule has 0 aliphatic carbocycles. The SMILES string of the molecule is Cc1nn(C)c2nc3ccccc3c(NCCN3CCCC3)c12. The van der Waals surface area contributed by atoms with Crippen LogP contribution in [0.3, 0.4) is 0 Å². The van der Waals surface area contributed by atoms with E-state index >= 15 is 0 Å². The highest BCUT2D eigenvalue weighted by atomic mass is 15.3. The van der Waals surface area contributed by atoms with Gasteiger partial charge in [0, 0.05) is 25.5 Å². The topological polar surface area (TPSA) is 46.0 Å². The minimum Gasteiger partial charge on any atom is -0.383 e. The molecule has 1 fully saturated rings. The first kappa shape index (κ1) is 14.5. The van der Waals surface area contributed by atoms with Gasteiger partial charge in [-0.15, -0.1) is 0 Å². The van der Waals surface area contributed by atoms with E-state index in [0.717, 1.165) is 35.3 Å². The quantitative estimate of drug-likeness (QED) is 0.805. The Balaban J connectivity index is 1.74. The Kier molecular flexibility index (Phi) is 3.65. The van der Waals surface area contributed by atoms with Crippen LogP contribution in [0.1, 0.15) is 18.5 Å². The fourth-order valence-electron chi connectivity index (χ4n) is 3.63. The summed E-state index contributed by atoms with van der Waals surface area (Å²) in [5.74, 6) is 0. The predicted octanol–water partition coefficient (Wildman–Crippen LogP) is 2.94. The van der Waals surface area contributed by atoms with E-state index in [9.17, 15) is 0 Å². The molecule has 1 aliphatic heterocycles. The van der Waals surface area contributed by atoms with Crippen LogP contribution in [0.25, 0.3) is 21.9 Å². The molecule has 0 spiro atoms. The Labute approximate surface area is 136 Å². The number of likely N-dealkylation sites (tertiary alicyclic amines) is 1. The van der Waals surface area contributed by atoms with Crippen molar-refractivity contribution in [3.8, 4) is 0 Å². The maximum Gasteiger partial charge on any atom is 0.160 e. The van der Waals surface area contributed by atoms with Crippen LogP contribution in [0.2, 0.25) is 0 Å². The Hall–Kier alpha value is -2.14. The van der Waals surface area contributed by atoms with Gasteiger partial charge in [-0.3, -0.25) is 4.68 Å². The summed E-state index contributed by atoms with van der Waals surface area (Å²) in [6, 6.07) is 8.33. The van der Waals surface area contributed by atoms with Gasteiger partial charge in [-0.1, -0.05) is 18.2 Å². The van der Waals surface area contributed by atoms with Crippen molar-refractivity contribution >= 4 is 27.6 Å². The first-order valence-corrected chi connectivity index (χ1v) is 8.42. The van der Waals surface area contributed by atoms with E-state index in [0.29, 0.717) is 0 Å². The number of fused-ring (bicyclic) bond motifs is 2. The predicted molar refractivity (Wildman–Crippen MR) is 94.9 cm³/mol. The number of nitrogens with zero attached hydrogens (tertiary/aromatic N) is 4. The Morgan fingerprint density at radius 3 is 2.78 bits per heavy atom. The summed E-state index contributed by atoms with van der Waals surface area (Å²) in [6.45, 7) is 6.58. The summed E-state index contributed by atoms with van der Waals surface area (Å²) in [5, 5.41) is 10.6. The molecule has 0 saturated carbocycles. The van der Waals surface area contributed by atoms with Crippen molar-refractivity contribution in [1.82, 2.24) is 19.7 Å². The second kappa shape index (κ2) is 5.81. The van der Waals surface area contributed by atoms with Crippen molar-refractivity contribution in [1.29, 1.82) is 0 Å². The minimum atomic E-state index is 0.949. The maximum atomic E-state index is 4.79. The van der Waals surface area contributed by atoms with Gasteiger partial charge < -0.3 is 10.2 Å². The number of benzene rings is 1. The molecule has 23 heavy (non-hydrogen) atoms. The van der Waals surface area contributed by atoms with Gasteiger partial charge in [0.2, 0.25) is 0 Å². The average Bonchev–Trinajstić information content (AvgIpc) is 3.16. The molecule has 5 heteroatoms. The molecule has 120 valence electrons. The van der Waals surface area contributed by atoms with E-state index in [1.54, 1.807) is 0 Å². The molecule has 2 aromatic heterocycles. The molecular formula is C18H23N5. The van der Waals surface area contributed by atoms with E-state index < -0.39 is 0 Å². The highest BCUT2D eigenvalue weighted by Crippen LogP contribution is 2.32. The van der Waals surface area contributed by atoms with Gasteiger partial charge in [0.1, 0.15) is 0 Å². The number of hydrogen-bond acceptors (Lipinski definition) is 4. The first-order valence-electron chi connectivity index (χ1n) is 8.42. The van der Waals surface area contributed by atoms with Gasteiger partial charge in [0.15, 0.2) is 5.65 Å². The van der Waals surface area contributed by atoms with Crippen molar-refractivity contribution in [2.45, 2.75) is 19.8 Å². The third-order valence-electron chi connectivity index (χ3n) is 4.77. The van der Waals surface area contributed by atoms with Crippen LogP contribution in [-0.4, -0.2) is 45.8 Å². The molecule has 4 rings (SSSR count). The monoisotopic (exact) mass is 309 g/mol. The normalized spacial score (nSPS) is 15.7. The number of anilines is 1. The summed E-state index contributed by atoms with van der Waals surface area (Å²) < 4.78 is 1.88. The second-order valence-corrected chi connectivity index (χ2v) is 6.39. The average molecular weight is 309 g/mol. The zero-order valence-corrected chi connectivity index (χ0v) is 13.8. The highest BCUT2D eigenvalue weighted by molar-refractivity contribution is 6.07. The van der Waals surface area contributed by atoms with Crippen molar-refractivity contribution in [2.24, 2.45) is 7.05 Å². The lowest BCUT2D eigenvalue weighted by atomic mass is 10.1. The number of aryl methyl sites for hydroxylation is 2. The van der Waals surface area contributed by atoms with Crippen LogP contribution in [0, 0.1) is 6.92 Å².